The summed E-state index contributed by atoms with van der Waals surface area (Å²) in [6.07, 6.45) is 4.61. The first kappa shape index (κ1) is 21.4. The van der Waals surface area contributed by atoms with Crippen LogP contribution in [0, 0.1) is 15.9 Å². The number of nitrogens with zero attached hydrogens (tertiary/aromatic N) is 5. The van der Waals surface area contributed by atoms with Crippen molar-refractivity contribution >= 4 is 11.6 Å². The number of piperazine rings is 1. The van der Waals surface area contributed by atoms with Crippen molar-refractivity contribution in [3.05, 3.63) is 82.2 Å². The van der Waals surface area contributed by atoms with E-state index < -0.39 is 10.7 Å². The highest BCUT2D eigenvalue weighted by atomic mass is 19.1. The van der Waals surface area contributed by atoms with Gasteiger partial charge in [-0.3, -0.25) is 19.8 Å². The number of hydrogen-bond donors (Lipinski definition) is 0. The van der Waals surface area contributed by atoms with Crippen molar-refractivity contribution in [2.24, 2.45) is 0 Å². The Hall–Kier alpha value is -3.79. The van der Waals surface area contributed by atoms with Gasteiger partial charge in [0.2, 0.25) is 0 Å². The number of hydrogen-bond acceptors (Lipinski definition) is 6. The molecular formula is C22H22FN5O4. The summed E-state index contributed by atoms with van der Waals surface area (Å²) in [5, 5.41) is 11.6. The number of carbonyl (C=O) groups is 1. The second-order valence-corrected chi connectivity index (χ2v) is 7.47. The number of rotatable bonds is 6. The fourth-order valence-electron chi connectivity index (χ4n) is 3.78. The molecule has 10 heteroatoms. The van der Waals surface area contributed by atoms with Gasteiger partial charge in [-0.05, 0) is 29.8 Å². The van der Waals surface area contributed by atoms with Gasteiger partial charge in [-0.2, -0.15) is 0 Å². The lowest BCUT2D eigenvalue weighted by Crippen LogP contribution is -2.48. The highest BCUT2D eigenvalue weighted by Crippen LogP contribution is 2.25. The number of nitro benzene ring substituents is 1. The van der Waals surface area contributed by atoms with Crippen molar-refractivity contribution in [1.29, 1.82) is 0 Å². The van der Waals surface area contributed by atoms with Gasteiger partial charge in [-0.25, -0.2) is 9.37 Å². The highest BCUT2D eigenvalue weighted by Gasteiger charge is 2.25. The normalized spacial score (nSPS) is 14.4. The minimum Gasteiger partial charge on any atom is -0.494 e. The second kappa shape index (κ2) is 9.15. The van der Waals surface area contributed by atoms with Gasteiger partial charge in [-0.15, -0.1) is 0 Å². The molecule has 166 valence electrons. The Labute approximate surface area is 183 Å². The Morgan fingerprint density at radius 3 is 2.59 bits per heavy atom. The molecule has 2 heterocycles. The summed E-state index contributed by atoms with van der Waals surface area (Å²) < 4.78 is 20.4. The first-order chi connectivity index (χ1) is 15.5. The molecule has 1 aliphatic rings. The molecule has 0 spiro atoms. The van der Waals surface area contributed by atoms with Gasteiger partial charge in [0.05, 0.1) is 18.4 Å². The maximum Gasteiger partial charge on any atom is 0.294 e. The number of benzene rings is 2. The molecule has 32 heavy (non-hydrogen) atoms. The molecule has 4 rings (SSSR count). The number of imidazole rings is 1. The van der Waals surface area contributed by atoms with Crippen molar-refractivity contribution in [1.82, 2.24) is 19.4 Å². The summed E-state index contributed by atoms with van der Waals surface area (Å²) >= 11 is 0. The molecule has 1 aromatic heterocycles. The minimum absolute atomic E-state index is 0.158. The fourth-order valence-corrected chi connectivity index (χ4v) is 3.78. The Balaban J connectivity index is 1.41. The molecule has 3 aromatic rings. The minimum atomic E-state index is -0.502. The second-order valence-electron chi connectivity index (χ2n) is 7.47. The third kappa shape index (κ3) is 4.45. The van der Waals surface area contributed by atoms with Crippen LogP contribution in [0.4, 0.5) is 10.1 Å². The number of ether oxygens (including phenoxy) is 1. The van der Waals surface area contributed by atoms with Gasteiger partial charge in [0.25, 0.3) is 11.6 Å². The van der Waals surface area contributed by atoms with E-state index in [1.54, 1.807) is 29.3 Å². The zero-order valence-electron chi connectivity index (χ0n) is 17.5. The van der Waals surface area contributed by atoms with E-state index in [9.17, 15) is 19.3 Å². The topological polar surface area (TPSA) is 93.7 Å². The molecule has 1 fully saturated rings. The average Bonchev–Trinajstić information content (AvgIpc) is 3.34. The SMILES string of the molecule is COc1ccc(CN2CCN(C(=O)c3ccc(-n4ccnc4)c([N+](=O)[O-])c3)CC2)cc1F. The van der Waals surface area contributed by atoms with Crippen LogP contribution in [0.1, 0.15) is 15.9 Å². The van der Waals surface area contributed by atoms with E-state index in [0.29, 0.717) is 38.4 Å². The van der Waals surface area contributed by atoms with E-state index >= 15 is 0 Å². The Bertz CT molecular complexity index is 1130. The maximum absolute atomic E-state index is 13.9. The van der Waals surface area contributed by atoms with Crippen LogP contribution in [0.5, 0.6) is 5.75 Å². The number of amides is 1. The molecule has 1 aliphatic heterocycles. The van der Waals surface area contributed by atoms with Crippen molar-refractivity contribution in [3.63, 3.8) is 0 Å². The molecule has 0 unspecified atom stereocenters. The molecule has 2 aromatic carbocycles. The molecule has 0 saturated carbocycles. The molecule has 0 aliphatic carbocycles. The van der Waals surface area contributed by atoms with Crippen molar-refractivity contribution in [3.8, 4) is 11.4 Å². The van der Waals surface area contributed by atoms with Gasteiger partial charge >= 0.3 is 0 Å². The molecule has 0 radical (unpaired) electrons. The van der Waals surface area contributed by atoms with E-state index in [2.05, 4.69) is 9.88 Å². The summed E-state index contributed by atoms with van der Waals surface area (Å²) in [6.45, 7) is 2.76. The van der Waals surface area contributed by atoms with Gasteiger partial charge < -0.3 is 14.2 Å². The first-order valence-corrected chi connectivity index (χ1v) is 10.1. The van der Waals surface area contributed by atoms with E-state index in [0.717, 1.165) is 5.56 Å². The Morgan fingerprint density at radius 1 is 1.19 bits per heavy atom. The van der Waals surface area contributed by atoms with Crippen LogP contribution in [0.25, 0.3) is 5.69 Å². The van der Waals surface area contributed by atoms with Crippen LogP contribution in [0.3, 0.4) is 0 Å². The smallest absolute Gasteiger partial charge is 0.294 e. The lowest BCUT2D eigenvalue weighted by atomic mass is 10.1. The zero-order valence-corrected chi connectivity index (χ0v) is 17.5. The third-order valence-electron chi connectivity index (χ3n) is 5.48. The van der Waals surface area contributed by atoms with Crippen molar-refractivity contribution in [2.75, 3.05) is 33.3 Å². The lowest BCUT2D eigenvalue weighted by molar-refractivity contribution is -0.384. The van der Waals surface area contributed by atoms with E-state index in [1.165, 1.54) is 36.3 Å². The van der Waals surface area contributed by atoms with Gasteiger partial charge in [0, 0.05) is 56.7 Å². The molecule has 1 saturated heterocycles. The Morgan fingerprint density at radius 2 is 1.97 bits per heavy atom. The number of halogens is 1. The summed E-state index contributed by atoms with van der Waals surface area (Å²) in [7, 11) is 1.42. The Kier molecular flexibility index (Phi) is 6.13. The summed E-state index contributed by atoms with van der Waals surface area (Å²) in [5.41, 5.74) is 1.29. The highest BCUT2D eigenvalue weighted by molar-refractivity contribution is 5.95. The standard InChI is InChI=1S/C22H22FN5O4/c1-32-21-5-2-16(12-18(21)23)14-25-8-10-26(11-9-25)22(29)17-3-4-19(20(13-17)28(30)31)27-7-6-24-15-27/h2-7,12-13,15H,8-11,14H2,1H3. The van der Waals surface area contributed by atoms with E-state index in [1.807, 2.05) is 6.07 Å². The predicted octanol–water partition coefficient (Wildman–Crippen LogP) is 2.89. The zero-order chi connectivity index (χ0) is 22.7. The molecular weight excluding hydrogens is 417 g/mol. The van der Waals surface area contributed by atoms with Crippen LogP contribution >= 0.6 is 0 Å². The molecule has 1 amide bonds. The maximum atomic E-state index is 13.9. The lowest BCUT2D eigenvalue weighted by Gasteiger charge is -2.34. The number of aromatic nitrogens is 2. The summed E-state index contributed by atoms with van der Waals surface area (Å²) in [5.74, 6) is -0.447. The van der Waals surface area contributed by atoms with Gasteiger partial charge in [0.1, 0.15) is 5.69 Å². The third-order valence-corrected chi connectivity index (χ3v) is 5.48. The van der Waals surface area contributed by atoms with Crippen LogP contribution in [0.15, 0.2) is 55.1 Å². The molecule has 0 atom stereocenters. The fraction of sp³-hybridized carbons (Fsp3) is 0.273. The van der Waals surface area contributed by atoms with E-state index in [4.69, 9.17) is 4.74 Å². The van der Waals surface area contributed by atoms with E-state index in [-0.39, 0.29) is 22.9 Å². The van der Waals surface area contributed by atoms with Crippen LogP contribution in [-0.4, -0.2) is 63.5 Å². The number of methoxy groups -OCH3 is 1. The average molecular weight is 439 g/mol. The van der Waals surface area contributed by atoms with Crippen LogP contribution in [-0.2, 0) is 6.54 Å². The number of nitro groups is 1. The predicted molar refractivity (Wildman–Crippen MR) is 114 cm³/mol. The molecule has 9 nitrogen and oxygen atoms in total. The van der Waals surface area contributed by atoms with Crippen LogP contribution in [0.2, 0.25) is 0 Å². The number of carbonyl (C=O) groups excluding carboxylic acids is 1. The summed E-state index contributed by atoms with van der Waals surface area (Å²) in [4.78, 5) is 31.7. The quantitative estimate of drug-likeness (QED) is 0.433. The summed E-state index contributed by atoms with van der Waals surface area (Å²) in [6, 6.07) is 9.34. The first-order valence-electron chi connectivity index (χ1n) is 10.1. The van der Waals surface area contributed by atoms with Gasteiger partial charge in [-0.1, -0.05) is 6.07 Å². The van der Waals surface area contributed by atoms with Crippen molar-refractivity contribution in [2.45, 2.75) is 6.54 Å². The molecule has 0 bridgehead atoms. The van der Waals surface area contributed by atoms with Crippen molar-refractivity contribution < 1.29 is 18.8 Å². The van der Waals surface area contributed by atoms with Gasteiger partial charge in [0.15, 0.2) is 11.6 Å². The largest absolute Gasteiger partial charge is 0.494 e. The van der Waals surface area contributed by atoms with Crippen LogP contribution < -0.4 is 4.74 Å². The monoisotopic (exact) mass is 439 g/mol. The molecule has 0 N–H and O–H groups in total.